The summed E-state index contributed by atoms with van der Waals surface area (Å²) in [5, 5.41) is 19.6. The summed E-state index contributed by atoms with van der Waals surface area (Å²) in [6.45, 7) is 1.64. The number of anilines is 2. The molecule has 0 saturated carbocycles. The van der Waals surface area contributed by atoms with Crippen LogP contribution in [-0.4, -0.2) is 29.5 Å². The Morgan fingerprint density at radius 2 is 1.91 bits per heavy atom. The lowest BCUT2D eigenvalue weighted by molar-refractivity contribution is -0.384. The number of nitrogens with one attached hydrogen (secondary N) is 3. The normalized spacial score (nSPS) is 11.2. The first-order valence-electron chi connectivity index (χ1n) is 9.23. The average molecular weight is 488 g/mol. The van der Waals surface area contributed by atoms with Gasteiger partial charge in [0.05, 0.1) is 9.82 Å². The summed E-state index contributed by atoms with van der Waals surface area (Å²) in [5.41, 5.74) is 0.829. The number of nitro groups is 1. The molecule has 33 heavy (non-hydrogen) atoms. The number of amides is 1. The van der Waals surface area contributed by atoms with Crippen molar-refractivity contribution < 1.29 is 22.7 Å². The highest BCUT2D eigenvalue weighted by atomic mass is 32.2. The van der Waals surface area contributed by atoms with Crippen LogP contribution < -0.4 is 15.4 Å². The van der Waals surface area contributed by atoms with Crippen molar-refractivity contribution in [3.05, 3.63) is 82.1 Å². The number of thiocarbonyl (C=S) groups is 1. The molecule has 0 unspecified atom stereocenters. The Morgan fingerprint density at radius 1 is 1.18 bits per heavy atom. The predicted octanol–water partition coefficient (Wildman–Crippen LogP) is 3.22. The third kappa shape index (κ3) is 6.69. The molecule has 2 aromatic carbocycles. The van der Waals surface area contributed by atoms with Crippen LogP contribution in [0.5, 0.6) is 0 Å². The number of benzene rings is 2. The quantitative estimate of drug-likeness (QED) is 0.197. The van der Waals surface area contributed by atoms with Gasteiger partial charge in [0.1, 0.15) is 5.76 Å². The van der Waals surface area contributed by atoms with E-state index in [1.165, 1.54) is 60.7 Å². The van der Waals surface area contributed by atoms with Crippen LogP contribution in [0.1, 0.15) is 11.3 Å². The number of rotatable bonds is 7. The lowest BCUT2D eigenvalue weighted by atomic mass is 10.2. The van der Waals surface area contributed by atoms with E-state index in [1.807, 2.05) is 0 Å². The molecule has 1 aromatic heterocycles. The molecule has 11 nitrogen and oxygen atoms in total. The Labute approximate surface area is 193 Å². The molecule has 1 amide bonds. The van der Waals surface area contributed by atoms with E-state index in [2.05, 4.69) is 20.5 Å². The maximum absolute atomic E-state index is 12.4. The molecule has 0 fully saturated rings. The molecular weight excluding hydrogens is 470 g/mol. The van der Waals surface area contributed by atoms with Crippen molar-refractivity contribution in [2.45, 2.75) is 11.8 Å². The molecule has 13 heteroatoms. The number of sulfonamides is 1. The second kappa shape index (κ2) is 10.0. The molecule has 3 rings (SSSR count). The lowest BCUT2D eigenvalue weighted by Crippen LogP contribution is -2.32. The highest BCUT2D eigenvalue weighted by Gasteiger charge is 2.16. The molecule has 170 valence electrons. The zero-order valence-corrected chi connectivity index (χ0v) is 18.6. The van der Waals surface area contributed by atoms with Crippen molar-refractivity contribution in [3.8, 4) is 0 Å². The minimum Gasteiger partial charge on any atom is -0.360 e. The van der Waals surface area contributed by atoms with E-state index in [0.717, 1.165) is 0 Å². The van der Waals surface area contributed by atoms with Crippen LogP contribution in [0, 0.1) is 17.0 Å². The van der Waals surface area contributed by atoms with Gasteiger partial charge < -0.3 is 9.84 Å². The molecule has 0 aliphatic carbocycles. The smallest absolute Gasteiger partial charge is 0.270 e. The standard InChI is InChI=1S/C20H17N5O6S2/c1-13-11-18(23-31-13)24-33(29,30)17-8-6-15(7-9-17)21-20(32)22-19(26)10-5-14-3-2-4-16(12-14)25(27)28/h2-12H,1H3,(H,23,24)(H2,21,22,26,32)/b10-5+. The number of carbonyl (C=O) groups excluding carboxylic acids is 1. The third-order valence-electron chi connectivity index (χ3n) is 4.03. The summed E-state index contributed by atoms with van der Waals surface area (Å²) in [6.07, 6.45) is 2.59. The molecule has 1 heterocycles. The fraction of sp³-hybridized carbons (Fsp3) is 0.0500. The fourth-order valence-corrected chi connectivity index (χ4v) is 3.76. The fourth-order valence-electron chi connectivity index (χ4n) is 2.56. The Kier molecular flexibility index (Phi) is 7.15. The highest BCUT2D eigenvalue weighted by molar-refractivity contribution is 7.92. The van der Waals surface area contributed by atoms with Crippen molar-refractivity contribution in [1.29, 1.82) is 0 Å². The summed E-state index contributed by atoms with van der Waals surface area (Å²) < 4.78 is 31.9. The molecular formula is C20H17N5O6S2. The Hall–Kier alpha value is -4.10. The highest BCUT2D eigenvalue weighted by Crippen LogP contribution is 2.18. The van der Waals surface area contributed by atoms with Gasteiger partial charge in [-0.3, -0.25) is 24.9 Å². The van der Waals surface area contributed by atoms with Gasteiger partial charge in [0.25, 0.3) is 15.7 Å². The maximum atomic E-state index is 12.4. The van der Waals surface area contributed by atoms with Crippen LogP contribution in [0.2, 0.25) is 0 Å². The number of hydrogen-bond acceptors (Lipinski definition) is 8. The number of nitro benzene ring substituents is 1. The summed E-state index contributed by atoms with van der Waals surface area (Å²) in [4.78, 5) is 22.3. The summed E-state index contributed by atoms with van der Waals surface area (Å²) >= 11 is 5.08. The third-order valence-corrected chi connectivity index (χ3v) is 5.61. The second-order valence-electron chi connectivity index (χ2n) is 6.58. The van der Waals surface area contributed by atoms with Crippen molar-refractivity contribution >= 4 is 56.5 Å². The van der Waals surface area contributed by atoms with Crippen molar-refractivity contribution in [2.24, 2.45) is 0 Å². The summed E-state index contributed by atoms with van der Waals surface area (Å²) in [7, 11) is -3.86. The number of non-ortho nitro benzene ring substituents is 1. The first-order valence-corrected chi connectivity index (χ1v) is 11.1. The van der Waals surface area contributed by atoms with Gasteiger partial charge in [-0.05, 0) is 55.0 Å². The number of aryl methyl sites for hydroxylation is 1. The number of aromatic nitrogens is 1. The summed E-state index contributed by atoms with van der Waals surface area (Å²) in [6, 6.07) is 12.9. The van der Waals surface area contributed by atoms with Crippen LogP contribution in [0.4, 0.5) is 17.2 Å². The maximum Gasteiger partial charge on any atom is 0.270 e. The minimum atomic E-state index is -3.86. The molecule has 3 aromatic rings. The lowest BCUT2D eigenvalue weighted by Gasteiger charge is -2.09. The van der Waals surface area contributed by atoms with Crippen molar-refractivity contribution in [2.75, 3.05) is 10.0 Å². The van der Waals surface area contributed by atoms with Crippen molar-refractivity contribution in [3.63, 3.8) is 0 Å². The van der Waals surface area contributed by atoms with E-state index in [9.17, 15) is 23.3 Å². The molecule has 0 spiro atoms. The number of hydrogen-bond donors (Lipinski definition) is 3. The van der Waals surface area contributed by atoms with Gasteiger partial charge in [-0.1, -0.05) is 17.3 Å². The molecule has 0 bridgehead atoms. The number of nitrogens with zero attached hydrogens (tertiary/aromatic N) is 2. The SMILES string of the molecule is Cc1cc(NS(=O)(=O)c2ccc(NC(=S)NC(=O)/C=C/c3cccc([N+](=O)[O-])c3)cc2)no1. The van der Waals surface area contributed by atoms with Crippen LogP contribution in [0.3, 0.4) is 0 Å². The first-order chi connectivity index (χ1) is 15.6. The van der Waals surface area contributed by atoms with Crippen LogP contribution in [0.25, 0.3) is 6.08 Å². The summed E-state index contributed by atoms with van der Waals surface area (Å²) in [5.74, 6) is -0.0233. The van der Waals surface area contributed by atoms with Crippen LogP contribution >= 0.6 is 12.2 Å². The largest absolute Gasteiger partial charge is 0.360 e. The van der Waals surface area contributed by atoms with E-state index >= 15 is 0 Å². The Morgan fingerprint density at radius 3 is 2.55 bits per heavy atom. The molecule has 3 N–H and O–H groups in total. The molecule has 0 atom stereocenters. The first kappa shape index (κ1) is 23.6. The zero-order valence-electron chi connectivity index (χ0n) is 17.0. The Bertz CT molecular complexity index is 1330. The average Bonchev–Trinajstić information content (AvgIpc) is 3.16. The Balaban J connectivity index is 1.56. The number of carbonyl (C=O) groups is 1. The van der Waals surface area contributed by atoms with Crippen molar-refractivity contribution in [1.82, 2.24) is 10.5 Å². The van der Waals surface area contributed by atoms with Gasteiger partial charge in [-0.15, -0.1) is 0 Å². The molecule has 0 saturated heterocycles. The van der Waals surface area contributed by atoms with Gasteiger partial charge in [0, 0.05) is 30.0 Å². The van der Waals surface area contributed by atoms with Gasteiger partial charge in [0.15, 0.2) is 10.9 Å². The minimum absolute atomic E-state index is 0.0106. The van der Waals surface area contributed by atoms with E-state index < -0.39 is 20.9 Å². The van der Waals surface area contributed by atoms with Gasteiger partial charge in [-0.25, -0.2) is 8.42 Å². The van der Waals surface area contributed by atoms with E-state index in [0.29, 0.717) is 17.0 Å². The van der Waals surface area contributed by atoms with E-state index in [1.54, 1.807) is 13.0 Å². The van der Waals surface area contributed by atoms with E-state index in [-0.39, 0.29) is 21.5 Å². The predicted molar refractivity (Wildman–Crippen MR) is 125 cm³/mol. The van der Waals surface area contributed by atoms with Crippen LogP contribution in [-0.2, 0) is 14.8 Å². The van der Waals surface area contributed by atoms with Gasteiger partial charge >= 0.3 is 0 Å². The second-order valence-corrected chi connectivity index (χ2v) is 8.67. The van der Waals surface area contributed by atoms with E-state index in [4.69, 9.17) is 16.7 Å². The molecule has 0 aliphatic heterocycles. The molecule has 0 aliphatic rings. The van der Waals surface area contributed by atoms with Gasteiger partial charge in [-0.2, -0.15) is 0 Å². The van der Waals surface area contributed by atoms with Gasteiger partial charge in [0.2, 0.25) is 5.91 Å². The molecule has 0 radical (unpaired) electrons. The topological polar surface area (TPSA) is 156 Å². The monoisotopic (exact) mass is 487 g/mol. The zero-order chi connectivity index (χ0) is 24.0. The van der Waals surface area contributed by atoms with Crippen LogP contribution in [0.15, 0.2) is 70.1 Å².